The molecule has 74 valence electrons. The van der Waals surface area contributed by atoms with Crippen LogP contribution in [0.2, 0.25) is 0 Å². The van der Waals surface area contributed by atoms with Gasteiger partial charge in [0, 0.05) is 5.69 Å². The summed E-state index contributed by atoms with van der Waals surface area (Å²) < 4.78 is 4.51. The van der Waals surface area contributed by atoms with Gasteiger partial charge in [0.15, 0.2) is 0 Å². The number of nitroso groups, excluding NO2 is 1. The minimum atomic E-state index is -0.573. The second kappa shape index (κ2) is 3.87. The summed E-state index contributed by atoms with van der Waals surface area (Å²) in [5.41, 5.74) is 6.91. The highest BCUT2D eigenvalue weighted by Crippen LogP contribution is 2.24. The molecule has 0 aromatic heterocycles. The number of anilines is 1. The minimum absolute atomic E-state index is 0.164. The number of carbonyl (C=O) groups is 1. The van der Waals surface area contributed by atoms with Crippen molar-refractivity contribution in [2.75, 3.05) is 12.8 Å². The maximum Gasteiger partial charge on any atom is 0.340 e. The number of ether oxygens (including phenoxy) is 1. The third-order valence-corrected chi connectivity index (χ3v) is 1.88. The van der Waals surface area contributed by atoms with Crippen molar-refractivity contribution in [1.29, 1.82) is 0 Å². The number of aryl methyl sites for hydroxylation is 1. The fraction of sp³-hybridized carbons (Fsp3) is 0.222. The molecule has 0 aliphatic rings. The fourth-order valence-electron chi connectivity index (χ4n) is 1.11. The molecule has 2 N–H and O–H groups in total. The van der Waals surface area contributed by atoms with Crippen LogP contribution >= 0.6 is 0 Å². The first-order valence-corrected chi connectivity index (χ1v) is 3.92. The lowest BCUT2D eigenvalue weighted by atomic mass is 10.1. The smallest absolute Gasteiger partial charge is 0.340 e. The van der Waals surface area contributed by atoms with Gasteiger partial charge in [0.25, 0.3) is 0 Å². The quantitative estimate of drug-likeness (QED) is 0.441. The summed E-state index contributed by atoms with van der Waals surface area (Å²) in [7, 11) is 1.25. The van der Waals surface area contributed by atoms with Crippen LogP contribution in [0.15, 0.2) is 17.3 Å². The van der Waals surface area contributed by atoms with Crippen LogP contribution in [0.4, 0.5) is 11.4 Å². The van der Waals surface area contributed by atoms with E-state index in [9.17, 15) is 9.70 Å². The maximum absolute atomic E-state index is 11.2. The molecule has 0 bridgehead atoms. The van der Waals surface area contributed by atoms with E-state index in [1.165, 1.54) is 19.2 Å². The van der Waals surface area contributed by atoms with E-state index >= 15 is 0 Å². The topological polar surface area (TPSA) is 81.8 Å². The number of esters is 1. The third-order valence-electron chi connectivity index (χ3n) is 1.88. The number of carbonyl (C=O) groups excluding carboxylic acids is 1. The normalized spacial score (nSPS) is 9.57. The van der Waals surface area contributed by atoms with Crippen LogP contribution in [0.3, 0.4) is 0 Å². The predicted octanol–water partition coefficient (Wildman–Crippen LogP) is 1.76. The predicted molar refractivity (Wildman–Crippen MR) is 52.4 cm³/mol. The average Bonchev–Trinajstić information content (AvgIpc) is 2.20. The summed E-state index contributed by atoms with van der Waals surface area (Å²) >= 11 is 0. The van der Waals surface area contributed by atoms with Gasteiger partial charge >= 0.3 is 5.97 Å². The molecule has 0 fully saturated rings. The minimum Gasteiger partial charge on any atom is -0.465 e. The Morgan fingerprint density at radius 1 is 1.50 bits per heavy atom. The molecule has 0 saturated carbocycles. The van der Waals surface area contributed by atoms with Crippen LogP contribution in [0, 0.1) is 11.8 Å². The van der Waals surface area contributed by atoms with E-state index in [0.717, 1.165) is 0 Å². The van der Waals surface area contributed by atoms with Crippen molar-refractivity contribution in [3.63, 3.8) is 0 Å². The van der Waals surface area contributed by atoms with E-state index in [1.54, 1.807) is 6.92 Å². The Labute approximate surface area is 80.8 Å². The summed E-state index contributed by atoms with van der Waals surface area (Å²) in [6.45, 7) is 1.69. The summed E-state index contributed by atoms with van der Waals surface area (Å²) in [6, 6.07) is 2.82. The van der Waals surface area contributed by atoms with Crippen LogP contribution in [0.25, 0.3) is 0 Å². The molecule has 14 heavy (non-hydrogen) atoms. The molecule has 0 saturated heterocycles. The Hall–Kier alpha value is -1.91. The SMILES string of the molecule is COC(=O)c1cc(N=O)cc(C)c1N. The van der Waals surface area contributed by atoms with E-state index in [0.29, 0.717) is 11.3 Å². The highest BCUT2D eigenvalue weighted by Gasteiger charge is 2.13. The van der Waals surface area contributed by atoms with Crippen molar-refractivity contribution >= 4 is 17.3 Å². The van der Waals surface area contributed by atoms with Gasteiger partial charge in [-0.15, -0.1) is 4.91 Å². The number of hydrogen-bond acceptors (Lipinski definition) is 5. The monoisotopic (exact) mass is 194 g/mol. The standard InChI is InChI=1S/C9H10N2O3/c1-5-3-6(11-13)4-7(8(5)10)9(12)14-2/h3-4H,10H2,1-2H3. The largest absolute Gasteiger partial charge is 0.465 e. The maximum atomic E-state index is 11.2. The van der Waals surface area contributed by atoms with Gasteiger partial charge in [-0.3, -0.25) is 0 Å². The summed E-state index contributed by atoms with van der Waals surface area (Å²) in [6.07, 6.45) is 0. The first kappa shape index (κ1) is 10.2. The van der Waals surface area contributed by atoms with Crippen LogP contribution < -0.4 is 5.73 Å². The fourth-order valence-corrected chi connectivity index (χ4v) is 1.11. The Bertz CT molecular complexity index is 388. The van der Waals surface area contributed by atoms with E-state index in [2.05, 4.69) is 9.91 Å². The number of nitrogen functional groups attached to an aromatic ring is 1. The Kier molecular flexibility index (Phi) is 2.81. The van der Waals surface area contributed by atoms with Gasteiger partial charge in [-0.1, -0.05) is 0 Å². The van der Waals surface area contributed by atoms with Gasteiger partial charge in [-0.05, 0) is 29.8 Å². The highest BCUT2D eigenvalue weighted by molar-refractivity contribution is 5.96. The lowest BCUT2D eigenvalue weighted by Crippen LogP contribution is -2.06. The number of hydrogen-bond donors (Lipinski definition) is 1. The molecular weight excluding hydrogens is 184 g/mol. The van der Waals surface area contributed by atoms with Gasteiger partial charge in [0.2, 0.25) is 0 Å². The average molecular weight is 194 g/mol. The molecule has 0 aliphatic carbocycles. The lowest BCUT2D eigenvalue weighted by Gasteiger charge is -2.06. The van der Waals surface area contributed by atoms with Crippen molar-refractivity contribution < 1.29 is 9.53 Å². The van der Waals surface area contributed by atoms with Gasteiger partial charge in [-0.25, -0.2) is 4.79 Å². The first-order valence-electron chi connectivity index (χ1n) is 3.92. The van der Waals surface area contributed by atoms with Crippen molar-refractivity contribution in [1.82, 2.24) is 0 Å². The molecular formula is C9H10N2O3. The van der Waals surface area contributed by atoms with Crippen LogP contribution in [-0.2, 0) is 4.74 Å². The molecule has 0 spiro atoms. The van der Waals surface area contributed by atoms with Gasteiger partial charge < -0.3 is 10.5 Å². The molecule has 0 amide bonds. The Balaban J connectivity index is 3.33. The van der Waals surface area contributed by atoms with Gasteiger partial charge in [0.1, 0.15) is 5.69 Å². The van der Waals surface area contributed by atoms with E-state index in [4.69, 9.17) is 5.73 Å². The number of nitrogens with two attached hydrogens (primary N) is 1. The second-order valence-corrected chi connectivity index (χ2v) is 2.81. The van der Waals surface area contributed by atoms with Crippen molar-refractivity contribution in [3.05, 3.63) is 28.2 Å². The van der Waals surface area contributed by atoms with Gasteiger partial charge in [0.05, 0.1) is 12.7 Å². The summed E-state index contributed by atoms with van der Waals surface area (Å²) in [5.74, 6) is -0.573. The number of benzene rings is 1. The zero-order chi connectivity index (χ0) is 10.7. The molecule has 0 heterocycles. The van der Waals surface area contributed by atoms with Crippen molar-refractivity contribution in [2.24, 2.45) is 5.18 Å². The molecule has 0 aliphatic heterocycles. The molecule has 0 atom stereocenters. The second-order valence-electron chi connectivity index (χ2n) is 2.81. The molecule has 1 rings (SSSR count). The third kappa shape index (κ3) is 1.71. The number of methoxy groups -OCH3 is 1. The number of nitrogens with zero attached hydrogens (tertiary/aromatic N) is 1. The first-order chi connectivity index (χ1) is 6.60. The van der Waals surface area contributed by atoms with E-state index in [-0.39, 0.29) is 11.3 Å². The summed E-state index contributed by atoms with van der Waals surface area (Å²) in [4.78, 5) is 21.5. The van der Waals surface area contributed by atoms with Crippen LogP contribution in [0.5, 0.6) is 0 Å². The zero-order valence-corrected chi connectivity index (χ0v) is 7.90. The Morgan fingerprint density at radius 3 is 2.64 bits per heavy atom. The highest BCUT2D eigenvalue weighted by atomic mass is 16.5. The zero-order valence-electron chi connectivity index (χ0n) is 7.90. The molecule has 5 nitrogen and oxygen atoms in total. The van der Waals surface area contributed by atoms with Crippen LogP contribution in [0.1, 0.15) is 15.9 Å². The molecule has 1 aromatic rings. The molecule has 5 heteroatoms. The number of rotatable bonds is 2. The van der Waals surface area contributed by atoms with E-state index in [1.807, 2.05) is 0 Å². The molecule has 0 radical (unpaired) electrons. The van der Waals surface area contributed by atoms with Crippen molar-refractivity contribution in [2.45, 2.75) is 6.92 Å². The summed E-state index contributed by atoms with van der Waals surface area (Å²) in [5, 5.41) is 2.74. The molecule has 1 aromatic carbocycles. The Morgan fingerprint density at radius 2 is 2.14 bits per heavy atom. The molecule has 0 unspecified atom stereocenters. The lowest BCUT2D eigenvalue weighted by molar-refractivity contribution is 0.0602. The van der Waals surface area contributed by atoms with E-state index < -0.39 is 5.97 Å². The van der Waals surface area contributed by atoms with Gasteiger partial charge in [-0.2, -0.15) is 0 Å². The van der Waals surface area contributed by atoms with Crippen LogP contribution in [-0.4, -0.2) is 13.1 Å². The van der Waals surface area contributed by atoms with Crippen molar-refractivity contribution in [3.8, 4) is 0 Å².